The molecule has 4 heterocycles. The van der Waals surface area contributed by atoms with Crippen LogP contribution in [-0.4, -0.2) is 34.5 Å². The summed E-state index contributed by atoms with van der Waals surface area (Å²) in [5.41, 5.74) is 6.07. The van der Waals surface area contributed by atoms with E-state index in [0.29, 0.717) is 24.7 Å². The Bertz CT molecular complexity index is 1020. The number of hydrogen-bond donors (Lipinski definition) is 2. The minimum atomic E-state index is 0.581. The monoisotopic (exact) mass is 386 g/mol. The molecule has 29 heavy (non-hydrogen) atoms. The number of nitrogens with one attached hydrogen (secondary N) is 2. The van der Waals surface area contributed by atoms with Gasteiger partial charge in [0.05, 0.1) is 12.3 Å². The SMILES string of the molecule is c1cnn(-c2ccc3c(c2)OCCc2cc(NC4C[C@H]5CC[C@@H](C4)N5)ccc2-3)c1. The van der Waals surface area contributed by atoms with Crippen LogP contribution in [0.1, 0.15) is 31.2 Å². The van der Waals surface area contributed by atoms with Gasteiger partial charge in [-0.05, 0) is 67.1 Å². The summed E-state index contributed by atoms with van der Waals surface area (Å²) in [6.07, 6.45) is 9.81. The molecule has 3 atom stereocenters. The van der Waals surface area contributed by atoms with Gasteiger partial charge in [-0.25, -0.2) is 4.68 Å². The summed E-state index contributed by atoms with van der Waals surface area (Å²) in [6, 6.07) is 17.1. The van der Waals surface area contributed by atoms with Crippen molar-refractivity contribution in [1.82, 2.24) is 15.1 Å². The van der Waals surface area contributed by atoms with Crippen LogP contribution in [0.25, 0.3) is 16.8 Å². The number of fused-ring (bicyclic) bond motifs is 5. The number of ether oxygens (including phenoxy) is 1. The topological polar surface area (TPSA) is 51.1 Å². The molecule has 2 fully saturated rings. The maximum Gasteiger partial charge on any atom is 0.129 e. The van der Waals surface area contributed by atoms with Crippen LogP contribution in [0.15, 0.2) is 54.9 Å². The summed E-state index contributed by atoms with van der Waals surface area (Å²) >= 11 is 0. The maximum atomic E-state index is 6.13. The first-order valence-electron chi connectivity index (χ1n) is 10.7. The Labute approximate surface area is 171 Å². The van der Waals surface area contributed by atoms with Crippen molar-refractivity contribution in [3.63, 3.8) is 0 Å². The molecule has 0 spiro atoms. The molecule has 0 saturated carbocycles. The van der Waals surface area contributed by atoms with E-state index in [4.69, 9.17) is 4.74 Å². The predicted octanol–water partition coefficient (Wildman–Crippen LogP) is 4.17. The Balaban J connectivity index is 1.28. The lowest BCUT2D eigenvalue weighted by atomic mass is 9.96. The average Bonchev–Trinajstić information content (AvgIpc) is 3.34. The number of piperidine rings is 1. The van der Waals surface area contributed by atoms with Crippen LogP contribution in [0.2, 0.25) is 0 Å². The van der Waals surface area contributed by atoms with Crippen LogP contribution in [0.3, 0.4) is 0 Å². The van der Waals surface area contributed by atoms with E-state index in [-0.39, 0.29) is 0 Å². The van der Waals surface area contributed by atoms with Gasteiger partial charge in [-0.2, -0.15) is 5.10 Å². The lowest BCUT2D eigenvalue weighted by molar-refractivity contribution is 0.326. The van der Waals surface area contributed by atoms with Gasteiger partial charge in [0, 0.05) is 54.3 Å². The van der Waals surface area contributed by atoms with E-state index in [9.17, 15) is 0 Å². The maximum absolute atomic E-state index is 6.13. The van der Waals surface area contributed by atoms with E-state index in [0.717, 1.165) is 17.9 Å². The number of nitrogens with zero attached hydrogens (tertiary/aromatic N) is 2. The van der Waals surface area contributed by atoms with Crippen LogP contribution in [0.4, 0.5) is 5.69 Å². The molecule has 2 aromatic carbocycles. The Kier molecular flexibility index (Phi) is 4.08. The average molecular weight is 386 g/mol. The summed E-state index contributed by atoms with van der Waals surface area (Å²) in [5, 5.41) is 11.9. The zero-order valence-electron chi connectivity index (χ0n) is 16.5. The fraction of sp³-hybridized carbons (Fsp3) is 0.375. The highest BCUT2D eigenvalue weighted by molar-refractivity contribution is 5.77. The van der Waals surface area contributed by atoms with E-state index >= 15 is 0 Å². The van der Waals surface area contributed by atoms with Crippen molar-refractivity contribution in [2.75, 3.05) is 11.9 Å². The molecule has 3 aliphatic rings. The summed E-state index contributed by atoms with van der Waals surface area (Å²) in [6.45, 7) is 0.698. The van der Waals surface area contributed by atoms with Crippen molar-refractivity contribution in [3.8, 4) is 22.6 Å². The highest BCUT2D eigenvalue weighted by atomic mass is 16.5. The second-order valence-corrected chi connectivity index (χ2v) is 8.55. The third-order valence-corrected chi connectivity index (χ3v) is 6.60. The Morgan fingerprint density at radius 2 is 1.90 bits per heavy atom. The smallest absolute Gasteiger partial charge is 0.129 e. The first kappa shape index (κ1) is 17.1. The van der Waals surface area contributed by atoms with Gasteiger partial charge in [-0.3, -0.25) is 0 Å². The van der Waals surface area contributed by atoms with Crippen LogP contribution in [0.5, 0.6) is 5.75 Å². The van der Waals surface area contributed by atoms with Gasteiger partial charge in [-0.1, -0.05) is 6.07 Å². The van der Waals surface area contributed by atoms with E-state index < -0.39 is 0 Å². The largest absolute Gasteiger partial charge is 0.493 e. The molecule has 1 unspecified atom stereocenters. The molecule has 2 saturated heterocycles. The molecule has 6 rings (SSSR count). The van der Waals surface area contributed by atoms with Crippen molar-refractivity contribution >= 4 is 5.69 Å². The van der Waals surface area contributed by atoms with E-state index in [1.54, 1.807) is 6.20 Å². The first-order valence-corrected chi connectivity index (χ1v) is 10.7. The second-order valence-electron chi connectivity index (χ2n) is 8.55. The molecular formula is C24H26N4O. The summed E-state index contributed by atoms with van der Waals surface area (Å²) in [5.74, 6) is 0.937. The van der Waals surface area contributed by atoms with Gasteiger partial charge in [0.15, 0.2) is 0 Å². The molecule has 5 heteroatoms. The normalized spacial score (nSPS) is 24.9. The number of hydrogen-bond acceptors (Lipinski definition) is 4. The first-order chi connectivity index (χ1) is 14.3. The zero-order valence-corrected chi connectivity index (χ0v) is 16.5. The van der Waals surface area contributed by atoms with Gasteiger partial charge >= 0.3 is 0 Å². The highest BCUT2D eigenvalue weighted by Gasteiger charge is 2.33. The van der Waals surface area contributed by atoms with Crippen molar-refractivity contribution < 1.29 is 4.74 Å². The van der Waals surface area contributed by atoms with Crippen LogP contribution in [0, 0.1) is 0 Å². The molecular weight excluding hydrogens is 360 g/mol. The minimum Gasteiger partial charge on any atom is -0.493 e. The van der Waals surface area contributed by atoms with Gasteiger partial charge in [0.1, 0.15) is 5.75 Å². The number of rotatable bonds is 3. The van der Waals surface area contributed by atoms with Crippen LogP contribution >= 0.6 is 0 Å². The van der Waals surface area contributed by atoms with E-state index in [1.807, 2.05) is 16.9 Å². The Hall–Kier alpha value is -2.79. The number of benzene rings is 2. The van der Waals surface area contributed by atoms with Crippen LogP contribution in [-0.2, 0) is 6.42 Å². The van der Waals surface area contributed by atoms with Gasteiger partial charge in [0.2, 0.25) is 0 Å². The summed E-state index contributed by atoms with van der Waals surface area (Å²) in [4.78, 5) is 0. The number of anilines is 1. The lowest BCUT2D eigenvalue weighted by Gasteiger charge is -2.30. The number of aromatic nitrogens is 2. The third kappa shape index (κ3) is 3.19. The molecule has 1 aromatic heterocycles. The molecule has 0 amide bonds. The second kappa shape index (κ2) is 6.92. The zero-order chi connectivity index (χ0) is 19.2. The van der Waals surface area contributed by atoms with Crippen molar-refractivity contribution in [1.29, 1.82) is 0 Å². The third-order valence-electron chi connectivity index (χ3n) is 6.60. The Morgan fingerprint density at radius 3 is 2.72 bits per heavy atom. The molecule has 2 N–H and O–H groups in total. The fourth-order valence-corrected chi connectivity index (χ4v) is 5.25. The molecule has 0 radical (unpaired) electrons. The standard InChI is InChI=1S/C24H26N4O/c1-9-25-28(10-1)21-5-7-23-22-6-4-17(12-16(22)8-11-29-24(23)15-21)27-20-13-18-2-3-19(14-20)26-18/h1,4-7,9-10,12,15,18-20,26-27H,2-3,8,11,13-14H2/t18-,19+,20?. The highest BCUT2D eigenvalue weighted by Crippen LogP contribution is 2.38. The Morgan fingerprint density at radius 1 is 1.03 bits per heavy atom. The van der Waals surface area contributed by atoms with E-state index in [1.165, 1.54) is 48.1 Å². The van der Waals surface area contributed by atoms with Crippen LogP contribution < -0.4 is 15.4 Å². The van der Waals surface area contributed by atoms with Crippen molar-refractivity contribution in [2.24, 2.45) is 0 Å². The van der Waals surface area contributed by atoms with Gasteiger partial charge in [-0.15, -0.1) is 0 Å². The summed E-state index contributed by atoms with van der Waals surface area (Å²) in [7, 11) is 0. The summed E-state index contributed by atoms with van der Waals surface area (Å²) < 4.78 is 8.00. The van der Waals surface area contributed by atoms with Crippen molar-refractivity contribution in [3.05, 3.63) is 60.4 Å². The van der Waals surface area contributed by atoms with Gasteiger partial charge < -0.3 is 15.4 Å². The fourth-order valence-electron chi connectivity index (χ4n) is 5.25. The molecule has 0 aliphatic carbocycles. The quantitative estimate of drug-likeness (QED) is 0.709. The van der Waals surface area contributed by atoms with Gasteiger partial charge in [0.25, 0.3) is 0 Å². The predicted molar refractivity (Wildman–Crippen MR) is 115 cm³/mol. The lowest BCUT2D eigenvalue weighted by Crippen LogP contribution is -2.43. The molecule has 2 bridgehead atoms. The molecule has 148 valence electrons. The molecule has 3 aromatic rings. The minimum absolute atomic E-state index is 0.581. The molecule has 3 aliphatic heterocycles. The molecule has 5 nitrogen and oxygen atoms in total. The van der Waals surface area contributed by atoms with E-state index in [2.05, 4.69) is 52.1 Å². The van der Waals surface area contributed by atoms with Crippen molar-refractivity contribution in [2.45, 2.75) is 50.2 Å².